The highest BCUT2D eigenvalue weighted by Gasteiger charge is 2.33. The minimum Gasteiger partial charge on any atom is -0.483 e. The SMILES string of the molecule is CCC(C(=O)O)=C(OP(=O)(CC)CC)C(C)Oc1ccc(Oc2ccc(C(F)(F)F)cc2)cc1.CCOC(=O)C=C(OP(=O)(OCC)OCC)C(C)Oc1ccc(Oc2ccc(C(F)(F)F)cc2)cc1. The first-order valence-electron chi connectivity index (χ1n) is 21.9. The summed E-state index contributed by atoms with van der Waals surface area (Å²) in [5, 5.41) is 9.58. The molecule has 4 aromatic rings. The minimum atomic E-state index is -4.43. The molecule has 14 nitrogen and oxygen atoms in total. The number of rotatable bonds is 24. The Morgan fingerprint density at radius 2 is 0.943 bits per heavy atom. The fourth-order valence-corrected chi connectivity index (χ4v) is 8.37. The van der Waals surface area contributed by atoms with Gasteiger partial charge < -0.3 is 37.8 Å². The van der Waals surface area contributed by atoms with Crippen LogP contribution in [-0.4, -0.2) is 61.4 Å². The van der Waals surface area contributed by atoms with E-state index in [0.29, 0.717) is 23.0 Å². The molecule has 4 rings (SSSR count). The first-order valence-corrected chi connectivity index (χ1v) is 25.3. The van der Waals surface area contributed by atoms with Crippen molar-refractivity contribution in [3.63, 3.8) is 0 Å². The maximum atomic E-state index is 12.9. The summed E-state index contributed by atoms with van der Waals surface area (Å²) in [6.45, 7) is 13.3. The first-order chi connectivity index (χ1) is 32.9. The second kappa shape index (κ2) is 26.9. The van der Waals surface area contributed by atoms with Crippen molar-refractivity contribution in [1.82, 2.24) is 0 Å². The van der Waals surface area contributed by atoms with Crippen molar-refractivity contribution in [2.24, 2.45) is 0 Å². The molecule has 0 aliphatic heterocycles. The summed E-state index contributed by atoms with van der Waals surface area (Å²) in [6.07, 6.45) is -8.93. The van der Waals surface area contributed by atoms with Crippen LogP contribution < -0.4 is 18.9 Å². The molecule has 22 heteroatoms. The number of carbonyl (C=O) groups is 2. The zero-order chi connectivity index (χ0) is 52.3. The average molecular weight is 1030 g/mol. The van der Waals surface area contributed by atoms with Gasteiger partial charge in [-0.2, -0.15) is 26.3 Å². The fraction of sp³-hybridized carbons (Fsp3) is 0.375. The summed E-state index contributed by atoms with van der Waals surface area (Å²) in [5.74, 6) is -0.136. The van der Waals surface area contributed by atoms with E-state index in [9.17, 15) is 50.2 Å². The molecule has 0 spiro atoms. The van der Waals surface area contributed by atoms with Gasteiger partial charge >= 0.3 is 32.1 Å². The molecule has 0 amide bonds. The smallest absolute Gasteiger partial charge is 0.483 e. The number of carboxylic acid groups (broad SMARTS) is 1. The zero-order valence-corrected chi connectivity index (χ0v) is 41.4. The Kier molecular flexibility index (Phi) is 22.4. The number of esters is 1. The molecule has 0 fully saturated rings. The van der Waals surface area contributed by atoms with Gasteiger partial charge in [0.1, 0.15) is 34.5 Å². The highest BCUT2D eigenvalue weighted by molar-refractivity contribution is 7.59. The molecule has 2 atom stereocenters. The largest absolute Gasteiger partial charge is 0.529 e. The lowest BCUT2D eigenvalue weighted by molar-refractivity contribution is -0.138. The topological polar surface area (TPSA) is 172 Å². The average Bonchev–Trinajstić information content (AvgIpc) is 3.30. The van der Waals surface area contributed by atoms with Crippen LogP contribution in [-0.2, 0) is 53.9 Å². The molecule has 0 aliphatic rings. The second-order valence-corrected chi connectivity index (χ2v) is 19.1. The Balaban J connectivity index is 0.000000371. The van der Waals surface area contributed by atoms with E-state index in [1.54, 1.807) is 104 Å². The number of carboxylic acids is 1. The Morgan fingerprint density at radius 3 is 1.27 bits per heavy atom. The number of alkyl halides is 6. The predicted molar refractivity (Wildman–Crippen MR) is 247 cm³/mol. The summed E-state index contributed by atoms with van der Waals surface area (Å²) in [5.41, 5.74) is -1.57. The number of phosphoric ester groups is 1. The van der Waals surface area contributed by atoms with Crippen molar-refractivity contribution in [2.45, 2.75) is 86.4 Å². The maximum Gasteiger partial charge on any atom is 0.529 e. The van der Waals surface area contributed by atoms with Crippen LogP contribution >= 0.6 is 15.2 Å². The van der Waals surface area contributed by atoms with E-state index in [4.69, 9.17) is 41.8 Å². The third-order valence-corrected chi connectivity index (χ3v) is 13.4. The number of halogens is 6. The Morgan fingerprint density at radius 1 is 0.571 bits per heavy atom. The van der Waals surface area contributed by atoms with E-state index < -0.39 is 62.8 Å². The van der Waals surface area contributed by atoms with E-state index in [1.807, 2.05) is 0 Å². The fourth-order valence-electron chi connectivity index (χ4n) is 5.78. The molecule has 1 N–H and O–H groups in total. The molecule has 0 radical (unpaired) electrons. The number of aliphatic carboxylic acids is 1. The molecule has 384 valence electrons. The Labute approximate surface area is 402 Å². The van der Waals surface area contributed by atoms with E-state index in [-0.39, 0.29) is 67.2 Å². The molecule has 0 heterocycles. The lowest BCUT2D eigenvalue weighted by atomic mass is 10.1. The lowest BCUT2D eigenvalue weighted by Gasteiger charge is -2.25. The second-order valence-electron chi connectivity index (χ2n) is 14.4. The number of hydrogen-bond acceptors (Lipinski definition) is 13. The quantitative estimate of drug-likeness (QED) is 0.0231. The van der Waals surface area contributed by atoms with E-state index in [2.05, 4.69) is 0 Å². The van der Waals surface area contributed by atoms with Crippen molar-refractivity contribution >= 4 is 27.1 Å². The monoisotopic (exact) mass is 1030 g/mol. The molecule has 2 unspecified atom stereocenters. The van der Waals surface area contributed by atoms with Crippen LogP contribution in [0.1, 0.15) is 72.9 Å². The molecule has 0 aromatic heterocycles. The number of benzene rings is 4. The van der Waals surface area contributed by atoms with Gasteiger partial charge in [0, 0.05) is 12.3 Å². The highest BCUT2D eigenvalue weighted by atomic mass is 31.2. The van der Waals surface area contributed by atoms with Crippen LogP contribution in [0.4, 0.5) is 26.3 Å². The molecule has 0 saturated carbocycles. The van der Waals surface area contributed by atoms with Gasteiger partial charge in [0.25, 0.3) is 0 Å². The molecule has 70 heavy (non-hydrogen) atoms. The molecule has 0 bridgehead atoms. The van der Waals surface area contributed by atoms with Gasteiger partial charge in [-0.15, -0.1) is 0 Å². The van der Waals surface area contributed by atoms with E-state index in [0.717, 1.165) is 30.3 Å². The summed E-state index contributed by atoms with van der Waals surface area (Å²) in [7, 11) is -7.07. The van der Waals surface area contributed by atoms with E-state index >= 15 is 0 Å². The van der Waals surface area contributed by atoms with Crippen molar-refractivity contribution < 1.29 is 91.9 Å². The summed E-state index contributed by atoms with van der Waals surface area (Å²) in [4.78, 5) is 23.7. The van der Waals surface area contributed by atoms with Crippen molar-refractivity contribution in [1.29, 1.82) is 0 Å². The molecule has 0 saturated heterocycles. The van der Waals surface area contributed by atoms with Crippen LogP contribution in [0.15, 0.2) is 120 Å². The van der Waals surface area contributed by atoms with Gasteiger partial charge in [-0.1, -0.05) is 20.8 Å². The van der Waals surface area contributed by atoms with Gasteiger partial charge in [-0.05, 0) is 138 Å². The Bertz CT molecular complexity index is 2420. The molecular formula is C48H56F6O14P2. The third kappa shape index (κ3) is 18.8. The standard InChI is InChI=1S/C24H28F3O8P.C24H28F3O6P/c1-5-30-23(28)16-22(35-36(29,31-6-2)32-7-3)17(4)33-19-12-14-21(15-13-19)34-20-10-8-18(9-11-20)24(25,26)27;1-5-21(23(28)29)22(33-34(30,6-2)7-3)16(4)31-18-12-14-20(15-13-18)32-19-10-8-17(9-11-19)24(25,26)27/h8-17H,5-7H2,1-4H3;8-16H,5-7H2,1-4H3,(H,28,29). The van der Waals surface area contributed by atoms with Gasteiger partial charge in [0.2, 0.25) is 7.37 Å². The normalized spacial score (nSPS) is 13.4. The Hall–Kier alpha value is -5.94. The zero-order valence-electron chi connectivity index (χ0n) is 39.6. The first kappa shape index (κ1) is 58.4. The molecule has 4 aromatic carbocycles. The molecular weight excluding hydrogens is 976 g/mol. The van der Waals surface area contributed by atoms with Gasteiger partial charge in [-0.25, -0.2) is 14.2 Å². The maximum absolute atomic E-state index is 12.9. The van der Waals surface area contributed by atoms with Crippen LogP contribution in [0.5, 0.6) is 34.5 Å². The van der Waals surface area contributed by atoms with Crippen LogP contribution in [0.25, 0.3) is 0 Å². The van der Waals surface area contributed by atoms with Gasteiger partial charge in [0.15, 0.2) is 23.7 Å². The van der Waals surface area contributed by atoms with Crippen LogP contribution in [0.2, 0.25) is 0 Å². The van der Waals surface area contributed by atoms with E-state index in [1.165, 1.54) is 24.3 Å². The van der Waals surface area contributed by atoms with Crippen molar-refractivity contribution in [2.75, 3.05) is 32.1 Å². The number of hydrogen-bond donors (Lipinski definition) is 1. The summed E-state index contributed by atoms with van der Waals surface area (Å²) in [6, 6.07) is 21.0. The molecule has 0 aliphatic carbocycles. The van der Waals surface area contributed by atoms with Gasteiger partial charge in [-0.3, -0.25) is 13.6 Å². The van der Waals surface area contributed by atoms with Crippen LogP contribution in [0, 0.1) is 0 Å². The van der Waals surface area contributed by atoms with Crippen LogP contribution in [0.3, 0.4) is 0 Å². The highest BCUT2D eigenvalue weighted by Crippen LogP contribution is 2.52. The number of ether oxygens (including phenoxy) is 5. The summed E-state index contributed by atoms with van der Waals surface area (Å²) < 4.78 is 151. The van der Waals surface area contributed by atoms with Crippen molar-refractivity contribution in [3.05, 3.63) is 131 Å². The summed E-state index contributed by atoms with van der Waals surface area (Å²) >= 11 is 0. The van der Waals surface area contributed by atoms with Crippen molar-refractivity contribution in [3.8, 4) is 34.5 Å². The third-order valence-electron chi connectivity index (χ3n) is 9.35. The number of carbonyl (C=O) groups excluding carboxylic acids is 1. The predicted octanol–water partition coefficient (Wildman–Crippen LogP) is 14.3. The lowest BCUT2D eigenvalue weighted by Crippen LogP contribution is -2.21. The number of phosphoric acid groups is 1. The minimum absolute atomic E-state index is 0.0168. The van der Waals surface area contributed by atoms with Gasteiger partial charge in [0.05, 0.1) is 42.6 Å².